The van der Waals surface area contributed by atoms with Crippen LogP contribution in [0.4, 0.5) is 0 Å². The van der Waals surface area contributed by atoms with E-state index in [1.54, 1.807) is 0 Å². The van der Waals surface area contributed by atoms with Gasteiger partial charge in [0, 0.05) is 32.2 Å². The number of nitrogens with one attached hydrogen (secondary N) is 1. The second-order valence-corrected chi connectivity index (χ2v) is 4.47. The Morgan fingerprint density at radius 1 is 1.50 bits per heavy atom. The van der Waals surface area contributed by atoms with E-state index in [0.717, 1.165) is 26.2 Å². The number of rotatable bonds is 1. The molecule has 2 rings (SSSR count). The van der Waals surface area contributed by atoms with Crippen molar-refractivity contribution in [3.63, 3.8) is 0 Å². The Hall–Kier alpha value is -0.610. The highest BCUT2D eigenvalue weighted by atomic mass is 16.2. The van der Waals surface area contributed by atoms with Gasteiger partial charge < -0.3 is 10.2 Å². The minimum Gasteiger partial charge on any atom is -0.335 e. The molecule has 0 spiro atoms. The minimum atomic E-state index is 0.302. The highest BCUT2D eigenvalue weighted by Gasteiger charge is 2.34. The largest absolute Gasteiger partial charge is 0.335 e. The number of piperazine rings is 2. The van der Waals surface area contributed by atoms with E-state index in [-0.39, 0.29) is 0 Å². The van der Waals surface area contributed by atoms with Gasteiger partial charge in [0.2, 0.25) is 5.91 Å². The number of carbonyl (C=O) groups is 1. The standard InChI is InChI=1S/C10H19N3O/c1-8(2)12-6-9-5-11-3-4-13(9)10(14)7-12/h8-9,11H,3-7H2,1-2H3. The van der Waals surface area contributed by atoms with Gasteiger partial charge in [-0.3, -0.25) is 9.69 Å². The Balaban J connectivity index is 2.04. The van der Waals surface area contributed by atoms with E-state index in [9.17, 15) is 4.79 Å². The lowest BCUT2D eigenvalue weighted by atomic mass is 10.1. The second-order valence-electron chi connectivity index (χ2n) is 4.47. The average molecular weight is 197 g/mol. The predicted molar refractivity (Wildman–Crippen MR) is 55.1 cm³/mol. The summed E-state index contributed by atoms with van der Waals surface area (Å²) < 4.78 is 0. The summed E-state index contributed by atoms with van der Waals surface area (Å²) >= 11 is 0. The molecule has 2 aliphatic heterocycles. The number of carbonyl (C=O) groups excluding carboxylic acids is 1. The molecule has 0 radical (unpaired) electrons. The van der Waals surface area contributed by atoms with Crippen LogP contribution < -0.4 is 5.32 Å². The Morgan fingerprint density at radius 2 is 2.29 bits per heavy atom. The van der Waals surface area contributed by atoms with Crippen LogP contribution in [0, 0.1) is 0 Å². The molecule has 0 saturated carbocycles. The van der Waals surface area contributed by atoms with E-state index >= 15 is 0 Å². The van der Waals surface area contributed by atoms with Gasteiger partial charge in [0.25, 0.3) is 0 Å². The summed E-state index contributed by atoms with van der Waals surface area (Å²) in [6, 6.07) is 0.871. The quantitative estimate of drug-likeness (QED) is 0.616. The van der Waals surface area contributed by atoms with Gasteiger partial charge in [-0.15, -0.1) is 0 Å². The summed E-state index contributed by atoms with van der Waals surface area (Å²) in [6.07, 6.45) is 0. The molecule has 1 atom stereocenters. The number of amides is 1. The molecule has 1 amide bonds. The fraction of sp³-hybridized carbons (Fsp3) is 0.900. The normalized spacial score (nSPS) is 29.5. The van der Waals surface area contributed by atoms with Crippen molar-refractivity contribution in [2.24, 2.45) is 0 Å². The van der Waals surface area contributed by atoms with Gasteiger partial charge in [-0.2, -0.15) is 0 Å². The Labute approximate surface area is 85.2 Å². The molecule has 0 bridgehead atoms. The first kappa shape index (κ1) is 9.93. The highest BCUT2D eigenvalue weighted by Crippen LogP contribution is 2.14. The molecule has 0 aromatic rings. The summed E-state index contributed by atoms with van der Waals surface area (Å²) in [5.41, 5.74) is 0. The molecule has 2 saturated heterocycles. The minimum absolute atomic E-state index is 0.302. The zero-order valence-electron chi connectivity index (χ0n) is 8.99. The molecule has 1 N–H and O–H groups in total. The van der Waals surface area contributed by atoms with Crippen LogP contribution in [0.15, 0.2) is 0 Å². The Bertz CT molecular complexity index is 229. The maximum atomic E-state index is 11.8. The molecule has 80 valence electrons. The van der Waals surface area contributed by atoms with Crippen LogP contribution in [0.2, 0.25) is 0 Å². The lowest BCUT2D eigenvalue weighted by Gasteiger charge is -2.45. The zero-order valence-corrected chi connectivity index (χ0v) is 8.99. The Kier molecular flexibility index (Phi) is 2.74. The summed E-state index contributed by atoms with van der Waals surface area (Å²) in [6.45, 7) is 8.72. The van der Waals surface area contributed by atoms with Crippen molar-refractivity contribution in [1.29, 1.82) is 0 Å². The summed E-state index contributed by atoms with van der Waals surface area (Å²) in [5, 5.41) is 3.34. The smallest absolute Gasteiger partial charge is 0.237 e. The summed E-state index contributed by atoms with van der Waals surface area (Å²) in [5.74, 6) is 0.302. The number of hydrogen-bond donors (Lipinski definition) is 1. The molecule has 0 aliphatic carbocycles. The van der Waals surface area contributed by atoms with E-state index < -0.39 is 0 Å². The maximum Gasteiger partial charge on any atom is 0.237 e. The monoisotopic (exact) mass is 197 g/mol. The first-order valence-corrected chi connectivity index (χ1v) is 5.42. The predicted octanol–water partition coefficient (Wildman–Crippen LogP) is -0.489. The van der Waals surface area contributed by atoms with Crippen LogP contribution in [-0.4, -0.2) is 60.5 Å². The fourth-order valence-electron chi connectivity index (χ4n) is 2.25. The van der Waals surface area contributed by atoms with Crippen molar-refractivity contribution in [1.82, 2.24) is 15.1 Å². The molecular formula is C10H19N3O. The van der Waals surface area contributed by atoms with Crippen molar-refractivity contribution in [3.8, 4) is 0 Å². The Morgan fingerprint density at radius 3 is 3.00 bits per heavy atom. The molecule has 4 heteroatoms. The van der Waals surface area contributed by atoms with Crippen LogP contribution in [0.1, 0.15) is 13.8 Å². The van der Waals surface area contributed by atoms with Gasteiger partial charge in [-0.1, -0.05) is 0 Å². The molecule has 1 unspecified atom stereocenters. The molecule has 4 nitrogen and oxygen atoms in total. The van der Waals surface area contributed by atoms with Crippen molar-refractivity contribution in [2.45, 2.75) is 25.9 Å². The topological polar surface area (TPSA) is 35.6 Å². The lowest BCUT2D eigenvalue weighted by Crippen LogP contribution is -2.64. The van der Waals surface area contributed by atoms with Crippen molar-refractivity contribution >= 4 is 5.91 Å². The van der Waals surface area contributed by atoms with Gasteiger partial charge in [0.05, 0.1) is 12.6 Å². The summed E-state index contributed by atoms with van der Waals surface area (Å²) in [7, 11) is 0. The number of hydrogen-bond acceptors (Lipinski definition) is 3. The summed E-state index contributed by atoms with van der Waals surface area (Å²) in [4.78, 5) is 16.1. The molecule has 2 aliphatic rings. The molecule has 2 fully saturated rings. The van der Waals surface area contributed by atoms with E-state index in [4.69, 9.17) is 0 Å². The van der Waals surface area contributed by atoms with E-state index in [1.807, 2.05) is 4.90 Å². The highest BCUT2D eigenvalue weighted by molar-refractivity contribution is 5.79. The molecular weight excluding hydrogens is 178 g/mol. The van der Waals surface area contributed by atoms with Gasteiger partial charge in [-0.05, 0) is 13.8 Å². The molecule has 0 aromatic carbocycles. The van der Waals surface area contributed by atoms with E-state index in [0.29, 0.717) is 24.5 Å². The van der Waals surface area contributed by atoms with Gasteiger partial charge in [0.1, 0.15) is 0 Å². The lowest BCUT2D eigenvalue weighted by molar-refractivity contribution is -0.141. The SMILES string of the molecule is CC(C)N1CC(=O)N2CCNCC2C1. The van der Waals surface area contributed by atoms with Crippen LogP contribution in [0.25, 0.3) is 0 Å². The third kappa shape index (κ3) is 1.77. The van der Waals surface area contributed by atoms with Crippen molar-refractivity contribution < 1.29 is 4.79 Å². The fourth-order valence-corrected chi connectivity index (χ4v) is 2.25. The van der Waals surface area contributed by atoms with Crippen LogP contribution >= 0.6 is 0 Å². The first-order valence-electron chi connectivity index (χ1n) is 5.42. The van der Waals surface area contributed by atoms with E-state index in [2.05, 4.69) is 24.1 Å². The van der Waals surface area contributed by atoms with Gasteiger partial charge >= 0.3 is 0 Å². The molecule has 14 heavy (non-hydrogen) atoms. The second kappa shape index (κ2) is 3.87. The molecule has 2 heterocycles. The number of nitrogens with zero attached hydrogens (tertiary/aromatic N) is 2. The maximum absolute atomic E-state index is 11.8. The van der Waals surface area contributed by atoms with Gasteiger partial charge in [-0.25, -0.2) is 0 Å². The number of fused-ring (bicyclic) bond motifs is 1. The third-order valence-corrected chi connectivity index (χ3v) is 3.18. The zero-order chi connectivity index (χ0) is 10.1. The van der Waals surface area contributed by atoms with Gasteiger partial charge in [0.15, 0.2) is 0 Å². The van der Waals surface area contributed by atoms with Crippen LogP contribution in [-0.2, 0) is 4.79 Å². The average Bonchev–Trinajstić information content (AvgIpc) is 2.17. The first-order chi connectivity index (χ1) is 6.68. The van der Waals surface area contributed by atoms with Crippen LogP contribution in [0.3, 0.4) is 0 Å². The van der Waals surface area contributed by atoms with Crippen molar-refractivity contribution in [3.05, 3.63) is 0 Å². The molecule has 0 aromatic heterocycles. The van der Waals surface area contributed by atoms with E-state index in [1.165, 1.54) is 0 Å². The van der Waals surface area contributed by atoms with Crippen molar-refractivity contribution in [2.75, 3.05) is 32.7 Å². The third-order valence-electron chi connectivity index (χ3n) is 3.18. The van der Waals surface area contributed by atoms with Crippen LogP contribution in [0.5, 0.6) is 0 Å².